The summed E-state index contributed by atoms with van der Waals surface area (Å²) >= 11 is 0. The van der Waals surface area contributed by atoms with Crippen LogP contribution >= 0.6 is 12.4 Å². The molecule has 0 atom stereocenters. The summed E-state index contributed by atoms with van der Waals surface area (Å²) in [4.78, 5) is 0. The summed E-state index contributed by atoms with van der Waals surface area (Å²) in [7, 11) is 1.73. The molecule has 0 heterocycles. The van der Waals surface area contributed by atoms with Gasteiger partial charge in [-0.25, -0.2) is 0 Å². The van der Waals surface area contributed by atoms with Crippen LogP contribution in [0.1, 0.15) is 17.5 Å². The van der Waals surface area contributed by atoms with Gasteiger partial charge in [0.05, 0.1) is 0 Å². The second-order valence-electron chi connectivity index (χ2n) is 4.94. The summed E-state index contributed by atoms with van der Waals surface area (Å²) in [5, 5.41) is 3.40. The number of benzene rings is 2. The lowest BCUT2D eigenvalue weighted by Crippen LogP contribution is -2.16. The minimum Gasteiger partial charge on any atom is -0.489 e. The Morgan fingerprint density at radius 1 is 0.955 bits per heavy atom. The smallest absolute Gasteiger partial charge is 0.120 e. The monoisotopic (exact) mass is 321 g/mol. The van der Waals surface area contributed by atoms with E-state index in [0.29, 0.717) is 6.61 Å². The van der Waals surface area contributed by atoms with Crippen molar-refractivity contribution in [2.75, 3.05) is 20.3 Å². The molecule has 0 unspecified atom stereocenters. The highest BCUT2D eigenvalue weighted by molar-refractivity contribution is 5.85. The zero-order valence-electron chi connectivity index (χ0n) is 13.0. The van der Waals surface area contributed by atoms with Crippen molar-refractivity contribution in [1.29, 1.82) is 0 Å². The van der Waals surface area contributed by atoms with E-state index in [0.717, 1.165) is 31.9 Å². The van der Waals surface area contributed by atoms with E-state index in [1.54, 1.807) is 7.11 Å². The van der Waals surface area contributed by atoms with E-state index in [1.165, 1.54) is 11.1 Å². The minimum atomic E-state index is 0. The first-order valence-corrected chi connectivity index (χ1v) is 7.34. The molecule has 0 fully saturated rings. The Kier molecular flexibility index (Phi) is 9.31. The molecule has 0 aliphatic rings. The Morgan fingerprint density at radius 2 is 1.73 bits per heavy atom. The van der Waals surface area contributed by atoms with Gasteiger partial charge >= 0.3 is 0 Å². The molecule has 0 bridgehead atoms. The van der Waals surface area contributed by atoms with Gasteiger partial charge < -0.3 is 14.8 Å². The van der Waals surface area contributed by atoms with E-state index in [9.17, 15) is 0 Å². The van der Waals surface area contributed by atoms with E-state index < -0.39 is 0 Å². The van der Waals surface area contributed by atoms with Crippen LogP contribution in [-0.4, -0.2) is 20.3 Å². The van der Waals surface area contributed by atoms with E-state index in [4.69, 9.17) is 9.47 Å². The highest BCUT2D eigenvalue weighted by Crippen LogP contribution is 2.15. The molecule has 0 aliphatic carbocycles. The van der Waals surface area contributed by atoms with Gasteiger partial charge in [-0.3, -0.25) is 0 Å². The van der Waals surface area contributed by atoms with Gasteiger partial charge in [0, 0.05) is 20.3 Å². The number of hydrogen-bond donors (Lipinski definition) is 1. The number of nitrogens with one attached hydrogen (secondary N) is 1. The number of hydrogen-bond acceptors (Lipinski definition) is 3. The molecule has 120 valence electrons. The summed E-state index contributed by atoms with van der Waals surface area (Å²) in [6, 6.07) is 18.4. The predicted molar refractivity (Wildman–Crippen MR) is 92.7 cm³/mol. The molecule has 2 rings (SSSR count). The van der Waals surface area contributed by atoms with Crippen LogP contribution in [0.2, 0.25) is 0 Å². The van der Waals surface area contributed by atoms with Crippen LogP contribution in [0, 0.1) is 0 Å². The SMILES string of the molecule is COCCCNCc1cccc(OCc2ccccc2)c1.Cl. The molecule has 1 N–H and O–H groups in total. The van der Waals surface area contributed by atoms with Gasteiger partial charge in [0.25, 0.3) is 0 Å². The zero-order chi connectivity index (χ0) is 14.8. The predicted octanol–water partition coefficient (Wildman–Crippen LogP) is 3.81. The number of halogens is 1. The number of ether oxygens (including phenoxy) is 2. The van der Waals surface area contributed by atoms with E-state index in [1.807, 2.05) is 30.3 Å². The van der Waals surface area contributed by atoms with Gasteiger partial charge in [0.1, 0.15) is 12.4 Å². The van der Waals surface area contributed by atoms with Crippen molar-refractivity contribution >= 4 is 12.4 Å². The zero-order valence-corrected chi connectivity index (χ0v) is 13.8. The lowest BCUT2D eigenvalue weighted by molar-refractivity contribution is 0.194. The van der Waals surface area contributed by atoms with Crippen LogP contribution in [0.5, 0.6) is 5.75 Å². The third-order valence-electron chi connectivity index (χ3n) is 3.18. The molecule has 22 heavy (non-hydrogen) atoms. The maximum absolute atomic E-state index is 5.83. The lowest BCUT2D eigenvalue weighted by atomic mass is 10.2. The van der Waals surface area contributed by atoms with Crippen molar-refractivity contribution in [2.24, 2.45) is 0 Å². The molecule has 0 spiro atoms. The first kappa shape index (κ1) is 18.5. The van der Waals surface area contributed by atoms with Gasteiger partial charge in [0.2, 0.25) is 0 Å². The molecular weight excluding hydrogens is 298 g/mol. The molecule has 2 aromatic rings. The van der Waals surface area contributed by atoms with Crippen molar-refractivity contribution in [3.8, 4) is 5.75 Å². The van der Waals surface area contributed by atoms with Crippen LogP contribution in [0.4, 0.5) is 0 Å². The quantitative estimate of drug-likeness (QED) is 0.712. The van der Waals surface area contributed by atoms with Gasteiger partial charge in [-0.2, -0.15) is 0 Å². The van der Waals surface area contributed by atoms with Crippen molar-refractivity contribution < 1.29 is 9.47 Å². The normalized spacial score (nSPS) is 10.0. The second-order valence-corrected chi connectivity index (χ2v) is 4.94. The summed E-state index contributed by atoms with van der Waals surface area (Å²) in [5.74, 6) is 0.912. The van der Waals surface area contributed by atoms with Crippen LogP contribution in [0.3, 0.4) is 0 Å². The fraction of sp³-hybridized carbons (Fsp3) is 0.333. The largest absolute Gasteiger partial charge is 0.489 e. The molecule has 0 saturated carbocycles. The Balaban J connectivity index is 0.00000242. The summed E-state index contributed by atoms with van der Waals surface area (Å²) in [6.07, 6.45) is 1.03. The van der Waals surface area contributed by atoms with E-state index in [2.05, 4.69) is 29.6 Å². The Hall–Kier alpha value is -1.55. The second kappa shape index (κ2) is 11.1. The van der Waals surface area contributed by atoms with Crippen molar-refractivity contribution in [3.63, 3.8) is 0 Å². The molecule has 2 aromatic carbocycles. The fourth-order valence-corrected chi connectivity index (χ4v) is 2.06. The van der Waals surface area contributed by atoms with Crippen molar-refractivity contribution in [1.82, 2.24) is 5.32 Å². The van der Waals surface area contributed by atoms with Gasteiger partial charge in [0.15, 0.2) is 0 Å². The third-order valence-corrected chi connectivity index (χ3v) is 3.18. The highest BCUT2D eigenvalue weighted by atomic mass is 35.5. The average Bonchev–Trinajstić information content (AvgIpc) is 2.54. The Bertz CT molecular complexity index is 520. The number of rotatable bonds is 9. The molecule has 4 heteroatoms. The molecule has 0 amide bonds. The highest BCUT2D eigenvalue weighted by Gasteiger charge is 1.98. The van der Waals surface area contributed by atoms with Crippen molar-refractivity contribution in [3.05, 3.63) is 65.7 Å². The van der Waals surface area contributed by atoms with Gasteiger partial charge in [-0.05, 0) is 36.2 Å². The summed E-state index contributed by atoms with van der Waals surface area (Å²) in [5.41, 5.74) is 2.42. The van der Waals surface area contributed by atoms with Crippen LogP contribution in [0.15, 0.2) is 54.6 Å². The standard InChI is InChI=1S/C18H23NO2.ClH/c1-20-12-6-11-19-14-17-9-5-10-18(13-17)21-15-16-7-3-2-4-8-16;/h2-5,7-10,13,19H,6,11-12,14-15H2,1H3;1H. The van der Waals surface area contributed by atoms with Gasteiger partial charge in [-0.15, -0.1) is 12.4 Å². The summed E-state index contributed by atoms with van der Waals surface area (Å²) in [6.45, 7) is 3.22. The molecule has 0 aliphatic heterocycles. The molecule has 0 aromatic heterocycles. The Labute approximate surface area is 139 Å². The van der Waals surface area contributed by atoms with E-state index in [-0.39, 0.29) is 12.4 Å². The topological polar surface area (TPSA) is 30.5 Å². The average molecular weight is 322 g/mol. The maximum atomic E-state index is 5.83. The maximum Gasteiger partial charge on any atom is 0.120 e. The first-order chi connectivity index (χ1) is 10.4. The Morgan fingerprint density at radius 3 is 2.50 bits per heavy atom. The van der Waals surface area contributed by atoms with Crippen LogP contribution in [-0.2, 0) is 17.9 Å². The first-order valence-electron chi connectivity index (χ1n) is 7.34. The summed E-state index contributed by atoms with van der Waals surface area (Å²) < 4.78 is 10.9. The van der Waals surface area contributed by atoms with Crippen molar-refractivity contribution in [2.45, 2.75) is 19.6 Å². The van der Waals surface area contributed by atoms with E-state index >= 15 is 0 Å². The molecular formula is C18H24ClNO2. The fourth-order valence-electron chi connectivity index (χ4n) is 2.06. The lowest BCUT2D eigenvalue weighted by Gasteiger charge is -2.09. The number of methoxy groups -OCH3 is 1. The molecule has 3 nitrogen and oxygen atoms in total. The van der Waals surface area contributed by atoms with Crippen LogP contribution in [0.25, 0.3) is 0 Å². The van der Waals surface area contributed by atoms with Crippen LogP contribution < -0.4 is 10.1 Å². The minimum absolute atomic E-state index is 0. The van der Waals surface area contributed by atoms with Gasteiger partial charge in [-0.1, -0.05) is 42.5 Å². The third kappa shape index (κ3) is 6.94. The molecule has 0 radical (unpaired) electrons. The molecule has 0 saturated heterocycles.